The summed E-state index contributed by atoms with van der Waals surface area (Å²) >= 11 is 0.705. The minimum atomic E-state index is -4.31. The number of hydrogen-bond donors (Lipinski definition) is 0. The van der Waals surface area contributed by atoms with Gasteiger partial charge in [0.2, 0.25) is 0 Å². The summed E-state index contributed by atoms with van der Waals surface area (Å²) in [5.74, 6) is 0. The van der Waals surface area contributed by atoms with Gasteiger partial charge in [-0.15, -0.1) is 0 Å². The van der Waals surface area contributed by atoms with Crippen LogP contribution >= 0.6 is 11.3 Å². The lowest BCUT2D eigenvalue weighted by Crippen LogP contribution is -2.49. The molecule has 1 aliphatic rings. The average Bonchev–Trinajstić information content (AvgIpc) is 2.76. The van der Waals surface area contributed by atoms with Crippen LogP contribution in [-0.4, -0.2) is 31.3 Å². The first kappa shape index (κ1) is 14.6. The molecule has 2 rings (SSSR count). The van der Waals surface area contributed by atoms with Crippen molar-refractivity contribution in [3.05, 3.63) is 11.1 Å². The highest BCUT2D eigenvalue weighted by Crippen LogP contribution is 2.39. The van der Waals surface area contributed by atoms with E-state index in [1.54, 1.807) is 7.11 Å². The van der Waals surface area contributed by atoms with E-state index in [-0.39, 0.29) is 11.5 Å². The molecule has 3 nitrogen and oxygen atoms in total. The van der Waals surface area contributed by atoms with Gasteiger partial charge in [-0.3, -0.25) is 0 Å². The molecule has 7 heteroatoms. The number of methoxy groups -OCH3 is 1. The first-order valence-corrected chi connectivity index (χ1v) is 6.86. The van der Waals surface area contributed by atoms with Crippen molar-refractivity contribution >= 4 is 16.5 Å². The zero-order valence-electron chi connectivity index (χ0n) is 11.1. The lowest BCUT2D eigenvalue weighted by Gasteiger charge is -2.43. The number of thiazole rings is 1. The molecule has 2 heterocycles. The maximum atomic E-state index is 12.6. The molecule has 1 aliphatic heterocycles. The predicted octanol–water partition coefficient (Wildman–Crippen LogP) is 3.41. The smallest absolute Gasteiger partial charge is 0.381 e. The third kappa shape index (κ3) is 3.02. The van der Waals surface area contributed by atoms with Gasteiger partial charge in [-0.25, -0.2) is 4.98 Å². The van der Waals surface area contributed by atoms with Crippen LogP contribution in [0.2, 0.25) is 0 Å². The molecule has 0 aliphatic carbocycles. The molecule has 19 heavy (non-hydrogen) atoms. The van der Waals surface area contributed by atoms with E-state index in [1.807, 2.05) is 4.90 Å². The second-order valence-corrected chi connectivity index (χ2v) is 6.44. The van der Waals surface area contributed by atoms with Crippen molar-refractivity contribution in [2.75, 3.05) is 25.1 Å². The molecule has 1 saturated heterocycles. The van der Waals surface area contributed by atoms with E-state index in [1.165, 1.54) is 0 Å². The van der Waals surface area contributed by atoms with Gasteiger partial charge < -0.3 is 9.64 Å². The molecule has 0 N–H and O–H groups in total. The number of alkyl halides is 3. The molecular weight excluding hydrogens is 277 g/mol. The van der Waals surface area contributed by atoms with Crippen LogP contribution in [0.25, 0.3) is 0 Å². The quantitative estimate of drug-likeness (QED) is 0.836. The van der Waals surface area contributed by atoms with Crippen LogP contribution in [0.4, 0.5) is 18.3 Å². The fourth-order valence-electron chi connectivity index (χ4n) is 2.48. The molecule has 1 atom stereocenters. The molecule has 1 fully saturated rings. The first-order chi connectivity index (χ1) is 8.74. The monoisotopic (exact) mass is 294 g/mol. The topological polar surface area (TPSA) is 25.4 Å². The minimum Gasteiger partial charge on any atom is -0.381 e. The van der Waals surface area contributed by atoms with Crippen molar-refractivity contribution in [1.82, 2.24) is 4.98 Å². The fourth-order valence-corrected chi connectivity index (χ4v) is 3.29. The zero-order chi connectivity index (χ0) is 14.3. The molecule has 0 radical (unpaired) electrons. The zero-order valence-corrected chi connectivity index (χ0v) is 11.9. The average molecular weight is 294 g/mol. The van der Waals surface area contributed by atoms with Crippen LogP contribution in [0, 0.1) is 5.41 Å². The van der Waals surface area contributed by atoms with E-state index in [9.17, 15) is 13.2 Å². The summed E-state index contributed by atoms with van der Waals surface area (Å²) in [7, 11) is 1.67. The van der Waals surface area contributed by atoms with Gasteiger partial charge in [-0.05, 0) is 6.42 Å². The SMILES string of the molecule is COC1CCN(c2ncc(C(F)(F)F)s2)CC1(C)C. The lowest BCUT2D eigenvalue weighted by molar-refractivity contribution is -0.134. The standard InChI is InChI=1S/C12H17F3N2OS/c1-11(2)7-17(5-4-8(11)18-3)10-16-6-9(19-10)12(13,14)15/h6,8H,4-5,7H2,1-3H3. The van der Waals surface area contributed by atoms with Gasteiger partial charge in [0.25, 0.3) is 0 Å². The second-order valence-electron chi connectivity index (χ2n) is 5.43. The van der Waals surface area contributed by atoms with Crippen LogP contribution < -0.4 is 4.90 Å². The minimum absolute atomic E-state index is 0.100. The first-order valence-electron chi connectivity index (χ1n) is 6.05. The summed E-state index contributed by atoms with van der Waals surface area (Å²) in [5.41, 5.74) is -0.100. The highest BCUT2D eigenvalue weighted by molar-refractivity contribution is 7.15. The molecule has 1 unspecified atom stereocenters. The molecule has 0 saturated carbocycles. The molecule has 0 bridgehead atoms. The van der Waals surface area contributed by atoms with Crippen molar-refractivity contribution in [3.8, 4) is 0 Å². The third-order valence-electron chi connectivity index (χ3n) is 3.46. The van der Waals surface area contributed by atoms with E-state index in [0.717, 1.165) is 12.6 Å². The molecule has 0 spiro atoms. The summed E-state index contributed by atoms with van der Waals surface area (Å²) < 4.78 is 43.1. The maximum absolute atomic E-state index is 12.6. The lowest BCUT2D eigenvalue weighted by atomic mass is 9.81. The van der Waals surface area contributed by atoms with E-state index < -0.39 is 11.1 Å². The number of rotatable bonds is 2. The van der Waals surface area contributed by atoms with Crippen molar-refractivity contribution in [2.24, 2.45) is 5.41 Å². The maximum Gasteiger partial charge on any atom is 0.427 e. The fraction of sp³-hybridized carbons (Fsp3) is 0.750. The highest BCUT2D eigenvalue weighted by Gasteiger charge is 2.38. The van der Waals surface area contributed by atoms with Crippen LogP contribution in [0.3, 0.4) is 0 Å². The number of anilines is 1. The summed E-state index contributed by atoms with van der Waals surface area (Å²) in [5, 5.41) is 0.440. The number of aromatic nitrogens is 1. The Hall–Kier alpha value is -0.820. The number of piperidine rings is 1. The number of nitrogens with zero attached hydrogens (tertiary/aromatic N) is 2. The van der Waals surface area contributed by atoms with Crippen LogP contribution in [-0.2, 0) is 10.9 Å². The molecule has 1 aromatic rings. The van der Waals surface area contributed by atoms with Crippen molar-refractivity contribution in [3.63, 3.8) is 0 Å². The Labute approximate surface area is 114 Å². The predicted molar refractivity (Wildman–Crippen MR) is 68.5 cm³/mol. The Morgan fingerprint density at radius 3 is 2.63 bits per heavy atom. The molecule has 0 amide bonds. The molecule has 1 aromatic heterocycles. The van der Waals surface area contributed by atoms with Gasteiger partial charge in [0, 0.05) is 25.6 Å². The van der Waals surface area contributed by atoms with Crippen LogP contribution in [0.5, 0.6) is 0 Å². The third-order valence-corrected chi connectivity index (χ3v) is 4.56. The molecule has 0 aromatic carbocycles. The molecular formula is C12H17F3N2OS. The van der Waals surface area contributed by atoms with E-state index in [0.29, 0.717) is 29.6 Å². The van der Waals surface area contributed by atoms with Gasteiger partial charge in [0.1, 0.15) is 4.88 Å². The Morgan fingerprint density at radius 1 is 1.47 bits per heavy atom. The largest absolute Gasteiger partial charge is 0.427 e. The number of halogens is 3. The van der Waals surface area contributed by atoms with Crippen molar-refractivity contribution in [1.29, 1.82) is 0 Å². The Balaban J connectivity index is 2.14. The van der Waals surface area contributed by atoms with Crippen LogP contribution in [0.1, 0.15) is 25.1 Å². The Kier molecular flexibility index (Phi) is 3.79. The number of ether oxygens (including phenoxy) is 1. The van der Waals surface area contributed by atoms with E-state index in [4.69, 9.17) is 4.74 Å². The van der Waals surface area contributed by atoms with Gasteiger partial charge in [0.05, 0.1) is 12.3 Å². The van der Waals surface area contributed by atoms with E-state index >= 15 is 0 Å². The van der Waals surface area contributed by atoms with Gasteiger partial charge in [-0.1, -0.05) is 25.2 Å². The van der Waals surface area contributed by atoms with Gasteiger partial charge >= 0.3 is 6.18 Å². The Morgan fingerprint density at radius 2 is 2.16 bits per heavy atom. The van der Waals surface area contributed by atoms with Crippen molar-refractivity contribution in [2.45, 2.75) is 32.5 Å². The normalized spacial score (nSPS) is 23.7. The van der Waals surface area contributed by atoms with Crippen molar-refractivity contribution < 1.29 is 17.9 Å². The molecule has 108 valence electrons. The summed E-state index contributed by atoms with van der Waals surface area (Å²) in [6, 6.07) is 0. The summed E-state index contributed by atoms with van der Waals surface area (Å²) in [6.07, 6.45) is -2.47. The second kappa shape index (κ2) is 4.94. The van der Waals surface area contributed by atoms with Gasteiger partial charge in [-0.2, -0.15) is 13.2 Å². The van der Waals surface area contributed by atoms with E-state index in [2.05, 4.69) is 18.8 Å². The Bertz CT molecular complexity index is 444. The highest BCUT2D eigenvalue weighted by atomic mass is 32.1. The number of hydrogen-bond acceptors (Lipinski definition) is 4. The summed E-state index contributed by atoms with van der Waals surface area (Å²) in [4.78, 5) is 5.17. The van der Waals surface area contributed by atoms with Gasteiger partial charge in [0.15, 0.2) is 5.13 Å². The van der Waals surface area contributed by atoms with Crippen LogP contribution in [0.15, 0.2) is 6.20 Å². The summed E-state index contributed by atoms with van der Waals surface area (Å²) in [6.45, 7) is 5.44.